The minimum absolute atomic E-state index is 0.359. The Bertz CT molecular complexity index is 833. The molecule has 0 bridgehead atoms. The maximum atomic E-state index is 12.0. The molecule has 0 unspecified atom stereocenters. The summed E-state index contributed by atoms with van der Waals surface area (Å²) in [6, 6.07) is 16.2. The molecule has 0 saturated carbocycles. The number of nitrogens with zero attached hydrogens (tertiary/aromatic N) is 2. The van der Waals surface area contributed by atoms with Gasteiger partial charge in [-0.2, -0.15) is 0 Å². The van der Waals surface area contributed by atoms with Crippen LogP contribution in [0.5, 0.6) is 0 Å². The molecule has 1 aliphatic rings. The molecule has 0 aromatic heterocycles. The lowest BCUT2D eigenvalue weighted by Crippen LogP contribution is -2.08. The summed E-state index contributed by atoms with van der Waals surface area (Å²) in [7, 11) is 3.99. The summed E-state index contributed by atoms with van der Waals surface area (Å²) in [5.74, 6) is 0.112. The van der Waals surface area contributed by atoms with Crippen molar-refractivity contribution in [2.45, 2.75) is 19.8 Å². The van der Waals surface area contributed by atoms with Crippen LogP contribution in [-0.2, 0) is 16.0 Å². The normalized spacial score (nSPS) is 15.2. The molecule has 0 aliphatic carbocycles. The van der Waals surface area contributed by atoms with Crippen molar-refractivity contribution < 1.29 is 9.53 Å². The zero-order chi connectivity index (χ0) is 17.8. The van der Waals surface area contributed by atoms with Crippen LogP contribution in [-0.4, -0.2) is 26.0 Å². The van der Waals surface area contributed by atoms with Crippen LogP contribution in [0.3, 0.4) is 0 Å². The molecule has 128 valence electrons. The lowest BCUT2D eigenvalue weighted by Gasteiger charge is -2.11. The molecule has 2 aromatic rings. The number of rotatable bonds is 5. The van der Waals surface area contributed by atoms with E-state index in [1.807, 2.05) is 55.4 Å². The topological polar surface area (TPSA) is 41.9 Å². The van der Waals surface area contributed by atoms with Crippen LogP contribution < -0.4 is 4.90 Å². The number of hydrogen-bond acceptors (Lipinski definition) is 4. The van der Waals surface area contributed by atoms with Crippen molar-refractivity contribution in [1.29, 1.82) is 0 Å². The average molecular weight is 334 g/mol. The van der Waals surface area contributed by atoms with Crippen LogP contribution in [0.25, 0.3) is 6.08 Å². The predicted octanol–water partition coefficient (Wildman–Crippen LogP) is 3.99. The number of cyclic esters (lactones) is 1. The minimum atomic E-state index is -0.378. The fourth-order valence-electron chi connectivity index (χ4n) is 2.72. The Morgan fingerprint density at radius 3 is 2.44 bits per heavy atom. The molecule has 0 radical (unpaired) electrons. The second-order valence-electron chi connectivity index (χ2n) is 6.34. The smallest absolute Gasteiger partial charge is 0.363 e. The van der Waals surface area contributed by atoms with Gasteiger partial charge in [-0.3, -0.25) is 0 Å². The van der Waals surface area contributed by atoms with Crippen LogP contribution in [0.1, 0.15) is 23.1 Å². The Kier molecular flexibility index (Phi) is 4.98. The first-order valence-corrected chi connectivity index (χ1v) is 8.36. The van der Waals surface area contributed by atoms with Crippen LogP contribution >= 0.6 is 0 Å². The van der Waals surface area contributed by atoms with Crippen molar-refractivity contribution in [3.8, 4) is 0 Å². The molecule has 1 heterocycles. The van der Waals surface area contributed by atoms with Gasteiger partial charge in [0.25, 0.3) is 0 Å². The molecular weight excluding hydrogens is 312 g/mol. The molecule has 3 rings (SSSR count). The van der Waals surface area contributed by atoms with Crippen molar-refractivity contribution in [3.05, 3.63) is 70.9 Å². The van der Waals surface area contributed by atoms with Crippen molar-refractivity contribution in [3.63, 3.8) is 0 Å². The predicted molar refractivity (Wildman–Crippen MR) is 102 cm³/mol. The number of aryl methyl sites for hydroxylation is 2. The first kappa shape index (κ1) is 17.0. The van der Waals surface area contributed by atoms with Gasteiger partial charge in [-0.25, -0.2) is 9.79 Å². The van der Waals surface area contributed by atoms with Crippen LogP contribution in [0.15, 0.2) is 59.2 Å². The van der Waals surface area contributed by atoms with Crippen LogP contribution in [0.4, 0.5) is 5.69 Å². The fraction of sp³-hybridized carbons (Fsp3) is 0.238. The highest BCUT2D eigenvalue weighted by molar-refractivity contribution is 6.07. The Hall–Kier alpha value is -2.88. The number of esters is 1. The molecule has 4 nitrogen and oxygen atoms in total. The zero-order valence-corrected chi connectivity index (χ0v) is 14.8. The van der Waals surface area contributed by atoms with Crippen LogP contribution in [0.2, 0.25) is 0 Å². The van der Waals surface area contributed by atoms with E-state index < -0.39 is 0 Å². The summed E-state index contributed by atoms with van der Waals surface area (Å²) in [5, 5.41) is 0. The maximum absolute atomic E-state index is 12.0. The van der Waals surface area contributed by atoms with E-state index in [2.05, 4.69) is 24.0 Å². The molecule has 2 aromatic carbocycles. The van der Waals surface area contributed by atoms with Gasteiger partial charge in [0.15, 0.2) is 11.6 Å². The Morgan fingerprint density at radius 1 is 1.04 bits per heavy atom. The second-order valence-corrected chi connectivity index (χ2v) is 6.34. The van der Waals surface area contributed by atoms with Gasteiger partial charge in [0.05, 0.1) is 0 Å². The number of carbonyl (C=O) groups excluding carboxylic acids is 1. The van der Waals surface area contributed by atoms with Crippen molar-refractivity contribution >= 4 is 23.6 Å². The van der Waals surface area contributed by atoms with E-state index in [1.165, 1.54) is 11.1 Å². The van der Waals surface area contributed by atoms with Gasteiger partial charge >= 0.3 is 5.97 Å². The van der Waals surface area contributed by atoms with E-state index in [-0.39, 0.29) is 5.97 Å². The third kappa shape index (κ3) is 4.15. The number of carbonyl (C=O) groups is 1. The third-order valence-corrected chi connectivity index (χ3v) is 4.25. The highest BCUT2D eigenvalue weighted by atomic mass is 16.6. The second kappa shape index (κ2) is 7.34. The highest BCUT2D eigenvalue weighted by Crippen LogP contribution is 2.20. The molecule has 0 saturated heterocycles. The summed E-state index contributed by atoms with van der Waals surface area (Å²) < 4.78 is 5.30. The first-order valence-electron chi connectivity index (χ1n) is 8.36. The lowest BCUT2D eigenvalue weighted by atomic mass is 10.0. The van der Waals surface area contributed by atoms with E-state index >= 15 is 0 Å². The maximum Gasteiger partial charge on any atom is 0.363 e. The van der Waals surface area contributed by atoms with Gasteiger partial charge in [0.2, 0.25) is 0 Å². The van der Waals surface area contributed by atoms with Gasteiger partial charge in [0, 0.05) is 26.2 Å². The van der Waals surface area contributed by atoms with Gasteiger partial charge in [-0.1, -0.05) is 36.4 Å². The number of benzene rings is 2. The van der Waals surface area contributed by atoms with E-state index in [1.54, 1.807) is 6.08 Å². The van der Waals surface area contributed by atoms with Crippen LogP contribution in [0, 0.1) is 6.92 Å². The fourth-order valence-corrected chi connectivity index (χ4v) is 2.72. The molecule has 0 N–H and O–H groups in total. The average Bonchev–Trinajstić information content (AvgIpc) is 2.94. The van der Waals surface area contributed by atoms with E-state index in [0.717, 1.165) is 17.7 Å². The van der Waals surface area contributed by atoms with E-state index in [4.69, 9.17) is 4.74 Å². The molecular formula is C21H22N2O2. The molecule has 0 fully saturated rings. The van der Waals surface area contributed by atoms with E-state index in [9.17, 15) is 4.79 Å². The summed E-state index contributed by atoms with van der Waals surface area (Å²) in [5.41, 5.74) is 4.89. The van der Waals surface area contributed by atoms with Gasteiger partial charge < -0.3 is 9.64 Å². The SMILES string of the molecule is Cc1ccccc1CCC1=N/C(=C/c2ccc(N(C)C)cc2)C(=O)O1. The summed E-state index contributed by atoms with van der Waals surface area (Å²) in [6.45, 7) is 2.08. The summed E-state index contributed by atoms with van der Waals surface area (Å²) >= 11 is 0. The molecule has 1 aliphatic heterocycles. The summed E-state index contributed by atoms with van der Waals surface area (Å²) in [4.78, 5) is 18.4. The van der Waals surface area contributed by atoms with Gasteiger partial charge in [-0.15, -0.1) is 0 Å². The zero-order valence-electron chi connectivity index (χ0n) is 14.8. The summed E-state index contributed by atoms with van der Waals surface area (Å²) in [6.07, 6.45) is 3.19. The Morgan fingerprint density at radius 2 is 1.76 bits per heavy atom. The highest BCUT2D eigenvalue weighted by Gasteiger charge is 2.22. The third-order valence-electron chi connectivity index (χ3n) is 4.25. The Labute approximate surface area is 148 Å². The van der Waals surface area contributed by atoms with E-state index in [0.29, 0.717) is 18.0 Å². The number of ether oxygens (including phenoxy) is 1. The molecule has 0 amide bonds. The molecule has 25 heavy (non-hydrogen) atoms. The van der Waals surface area contributed by atoms with Gasteiger partial charge in [0.1, 0.15) is 0 Å². The quantitative estimate of drug-likeness (QED) is 0.613. The minimum Gasteiger partial charge on any atom is -0.407 e. The monoisotopic (exact) mass is 334 g/mol. The van der Waals surface area contributed by atoms with Crippen molar-refractivity contribution in [1.82, 2.24) is 0 Å². The largest absolute Gasteiger partial charge is 0.407 e. The van der Waals surface area contributed by atoms with Gasteiger partial charge in [-0.05, 0) is 48.2 Å². The Balaban J connectivity index is 1.70. The van der Waals surface area contributed by atoms with Crippen molar-refractivity contribution in [2.24, 2.45) is 4.99 Å². The first-order chi connectivity index (χ1) is 12.0. The van der Waals surface area contributed by atoms with Crippen molar-refractivity contribution in [2.75, 3.05) is 19.0 Å². The standard InChI is InChI=1S/C21H22N2O2/c1-15-6-4-5-7-17(15)10-13-20-22-19(21(24)25-20)14-16-8-11-18(12-9-16)23(2)3/h4-9,11-12,14H,10,13H2,1-3H3/b19-14+. The molecule has 4 heteroatoms. The molecule has 0 spiro atoms. The lowest BCUT2D eigenvalue weighted by molar-refractivity contribution is -0.130. The molecule has 0 atom stereocenters. The number of hydrogen-bond donors (Lipinski definition) is 0. The number of aliphatic imine (C=N–C) groups is 1. The number of anilines is 1.